The minimum atomic E-state index is -0.921. The normalized spacial score (nSPS) is 28.0. The highest BCUT2D eigenvalue weighted by Gasteiger charge is 2.43. The fourth-order valence-electron chi connectivity index (χ4n) is 2.81. The standard InChI is InChI=1S/C14H18FNO2/c1-16-12-5-7-14(8-6-12,13(17)18)10-3-2-4-11(15)9-10/h2-4,9,12,16H,5-8H2,1H3,(H,17,18). The van der Waals surface area contributed by atoms with Crippen molar-refractivity contribution in [1.82, 2.24) is 5.32 Å². The number of carboxylic acid groups (broad SMARTS) is 1. The van der Waals surface area contributed by atoms with Crippen molar-refractivity contribution in [3.8, 4) is 0 Å². The van der Waals surface area contributed by atoms with Crippen molar-refractivity contribution in [2.24, 2.45) is 0 Å². The van der Waals surface area contributed by atoms with Crippen LogP contribution in [0.2, 0.25) is 0 Å². The summed E-state index contributed by atoms with van der Waals surface area (Å²) >= 11 is 0. The molecule has 0 radical (unpaired) electrons. The average molecular weight is 251 g/mol. The summed E-state index contributed by atoms with van der Waals surface area (Å²) in [5, 5.41) is 12.7. The van der Waals surface area contributed by atoms with E-state index >= 15 is 0 Å². The van der Waals surface area contributed by atoms with E-state index in [9.17, 15) is 14.3 Å². The van der Waals surface area contributed by atoms with E-state index < -0.39 is 11.4 Å². The molecule has 4 heteroatoms. The van der Waals surface area contributed by atoms with Crippen LogP contribution in [0.25, 0.3) is 0 Å². The van der Waals surface area contributed by atoms with Gasteiger partial charge in [-0.25, -0.2) is 4.39 Å². The highest BCUT2D eigenvalue weighted by molar-refractivity contribution is 5.81. The number of benzene rings is 1. The van der Waals surface area contributed by atoms with Gasteiger partial charge in [-0.15, -0.1) is 0 Å². The summed E-state index contributed by atoms with van der Waals surface area (Å²) in [5.74, 6) is -1.22. The quantitative estimate of drug-likeness (QED) is 0.866. The van der Waals surface area contributed by atoms with Gasteiger partial charge in [0.1, 0.15) is 5.82 Å². The molecule has 1 aliphatic carbocycles. The molecule has 0 unspecified atom stereocenters. The molecule has 0 spiro atoms. The number of halogens is 1. The summed E-state index contributed by atoms with van der Waals surface area (Å²) in [6.45, 7) is 0. The number of aliphatic carboxylic acids is 1. The van der Waals surface area contributed by atoms with E-state index in [-0.39, 0.29) is 5.82 Å². The van der Waals surface area contributed by atoms with E-state index in [1.54, 1.807) is 12.1 Å². The van der Waals surface area contributed by atoms with Gasteiger partial charge < -0.3 is 10.4 Å². The molecule has 98 valence electrons. The Bertz CT molecular complexity index is 439. The van der Waals surface area contributed by atoms with E-state index in [1.807, 2.05) is 7.05 Å². The lowest BCUT2D eigenvalue weighted by atomic mass is 9.68. The van der Waals surface area contributed by atoms with E-state index in [0.717, 1.165) is 12.8 Å². The Morgan fingerprint density at radius 3 is 2.61 bits per heavy atom. The molecule has 0 saturated heterocycles. The molecule has 0 aliphatic heterocycles. The molecule has 2 rings (SSSR count). The van der Waals surface area contributed by atoms with Crippen LogP contribution in [0, 0.1) is 5.82 Å². The van der Waals surface area contributed by atoms with Gasteiger partial charge in [0.25, 0.3) is 0 Å². The lowest BCUT2D eigenvalue weighted by Gasteiger charge is -2.37. The van der Waals surface area contributed by atoms with Crippen molar-refractivity contribution in [3.05, 3.63) is 35.6 Å². The highest BCUT2D eigenvalue weighted by Crippen LogP contribution is 2.40. The van der Waals surface area contributed by atoms with E-state index in [2.05, 4.69) is 5.32 Å². The first-order chi connectivity index (χ1) is 8.58. The minimum Gasteiger partial charge on any atom is -0.481 e. The van der Waals surface area contributed by atoms with Gasteiger partial charge in [-0.05, 0) is 50.4 Å². The van der Waals surface area contributed by atoms with Crippen LogP contribution in [0.3, 0.4) is 0 Å². The molecule has 18 heavy (non-hydrogen) atoms. The van der Waals surface area contributed by atoms with Crippen molar-refractivity contribution >= 4 is 5.97 Å². The smallest absolute Gasteiger partial charge is 0.314 e. The number of nitrogens with one attached hydrogen (secondary N) is 1. The Labute approximate surface area is 106 Å². The number of hydrogen-bond donors (Lipinski definition) is 2. The molecule has 0 bridgehead atoms. The van der Waals surface area contributed by atoms with Crippen LogP contribution >= 0.6 is 0 Å². The fourth-order valence-corrected chi connectivity index (χ4v) is 2.81. The predicted octanol–water partition coefficient (Wildman–Crippen LogP) is 2.31. The van der Waals surface area contributed by atoms with Crippen molar-refractivity contribution in [2.75, 3.05) is 7.05 Å². The zero-order valence-electron chi connectivity index (χ0n) is 10.4. The molecule has 1 aliphatic rings. The number of carbonyl (C=O) groups is 1. The monoisotopic (exact) mass is 251 g/mol. The van der Waals surface area contributed by atoms with Crippen LogP contribution in [0.5, 0.6) is 0 Å². The van der Waals surface area contributed by atoms with Crippen molar-refractivity contribution in [1.29, 1.82) is 0 Å². The molecule has 1 saturated carbocycles. The topological polar surface area (TPSA) is 49.3 Å². The maximum atomic E-state index is 13.3. The fraction of sp³-hybridized carbons (Fsp3) is 0.500. The van der Waals surface area contributed by atoms with Crippen LogP contribution in [0.15, 0.2) is 24.3 Å². The van der Waals surface area contributed by atoms with Gasteiger partial charge in [-0.1, -0.05) is 12.1 Å². The molecule has 0 aromatic heterocycles. The Kier molecular flexibility index (Phi) is 3.66. The minimum absolute atomic E-state index is 0.367. The summed E-state index contributed by atoms with van der Waals surface area (Å²) < 4.78 is 13.3. The predicted molar refractivity (Wildman–Crippen MR) is 67.0 cm³/mol. The van der Waals surface area contributed by atoms with Crippen LogP contribution in [0.1, 0.15) is 31.2 Å². The molecule has 1 fully saturated rings. The zero-order chi connectivity index (χ0) is 13.2. The molecule has 1 aromatic rings. The number of rotatable bonds is 3. The van der Waals surface area contributed by atoms with Gasteiger partial charge in [0.15, 0.2) is 0 Å². The second-order valence-electron chi connectivity index (χ2n) is 4.96. The van der Waals surface area contributed by atoms with Crippen LogP contribution in [-0.4, -0.2) is 24.2 Å². The van der Waals surface area contributed by atoms with Crippen LogP contribution < -0.4 is 5.32 Å². The van der Waals surface area contributed by atoms with Crippen molar-refractivity contribution in [3.63, 3.8) is 0 Å². The molecule has 1 aromatic carbocycles. The summed E-state index contributed by atoms with van der Waals surface area (Å²) in [5.41, 5.74) is -0.334. The SMILES string of the molecule is CNC1CCC(C(=O)O)(c2cccc(F)c2)CC1. The number of carboxylic acids is 1. The van der Waals surface area contributed by atoms with Gasteiger partial charge in [0.05, 0.1) is 5.41 Å². The first-order valence-corrected chi connectivity index (χ1v) is 6.25. The molecule has 0 heterocycles. The lowest BCUT2D eigenvalue weighted by molar-refractivity contribution is -0.145. The lowest BCUT2D eigenvalue weighted by Crippen LogP contribution is -2.43. The molecule has 0 amide bonds. The van der Waals surface area contributed by atoms with Crippen LogP contribution in [0.4, 0.5) is 4.39 Å². The first-order valence-electron chi connectivity index (χ1n) is 6.25. The maximum Gasteiger partial charge on any atom is 0.314 e. The summed E-state index contributed by atoms with van der Waals surface area (Å²) in [4.78, 5) is 11.6. The Hall–Kier alpha value is -1.42. The average Bonchev–Trinajstić information content (AvgIpc) is 2.38. The summed E-state index contributed by atoms with van der Waals surface area (Å²) in [6, 6.07) is 6.37. The van der Waals surface area contributed by atoms with E-state index in [0.29, 0.717) is 24.4 Å². The molecule has 0 atom stereocenters. The summed E-state index contributed by atoms with van der Waals surface area (Å²) in [7, 11) is 1.89. The van der Waals surface area contributed by atoms with Gasteiger partial charge >= 0.3 is 5.97 Å². The van der Waals surface area contributed by atoms with Gasteiger partial charge in [-0.3, -0.25) is 4.79 Å². The number of hydrogen-bond acceptors (Lipinski definition) is 2. The van der Waals surface area contributed by atoms with Crippen molar-refractivity contribution < 1.29 is 14.3 Å². The molecule has 3 nitrogen and oxygen atoms in total. The van der Waals surface area contributed by atoms with Gasteiger partial charge in [0, 0.05) is 6.04 Å². The van der Waals surface area contributed by atoms with E-state index in [1.165, 1.54) is 12.1 Å². The molecular formula is C14H18FNO2. The third-order valence-corrected chi connectivity index (χ3v) is 4.03. The highest BCUT2D eigenvalue weighted by atomic mass is 19.1. The van der Waals surface area contributed by atoms with E-state index in [4.69, 9.17) is 0 Å². The Morgan fingerprint density at radius 1 is 1.44 bits per heavy atom. The Balaban J connectivity index is 2.32. The summed E-state index contributed by atoms with van der Waals surface area (Å²) in [6.07, 6.45) is 2.72. The Morgan fingerprint density at radius 2 is 2.11 bits per heavy atom. The second kappa shape index (κ2) is 5.06. The maximum absolute atomic E-state index is 13.3. The third-order valence-electron chi connectivity index (χ3n) is 4.03. The van der Waals surface area contributed by atoms with Gasteiger partial charge in [0.2, 0.25) is 0 Å². The van der Waals surface area contributed by atoms with Crippen molar-refractivity contribution in [2.45, 2.75) is 37.1 Å². The van der Waals surface area contributed by atoms with Crippen LogP contribution in [-0.2, 0) is 10.2 Å². The third kappa shape index (κ3) is 2.25. The molecular weight excluding hydrogens is 233 g/mol. The largest absolute Gasteiger partial charge is 0.481 e. The zero-order valence-corrected chi connectivity index (χ0v) is 10.4. The first kappa shape index (κ1) is 13.0. The second-order valence-corrected chi connectivity index (χ2v) is 4.96. The molecule has 2 N–H and O–H groups in total. The van der Waals surface area contributed by atoms with Gasteiger partial charge in [-0.2, -0.15) is 0 Å².